The Hall–Kier alpha value is -2.09. The van der Waals surface area contributed by atoms with Crippen molar-refractivity contribution in [3.63, 3.8) is 0 Å². The number of hydrogen-bond acceptors (Lipinski definition) is 4. The van der Waals surface area contributed by atoms with Crippen LogP contribution < -0.4 is 14.8 Å². The van der Waals surface area contributed by atoms with Gasteiger partial charge in [0.1, 0.15) is 10.6 Å². The molecule has 8 heteroatoms. The van der Waals surface area contributed by atoms with Crippen molar-refractivity contribution >= 4 is 27.5 Å². The predicted octanol–water partition coefficient (Wildman–Crippen LogP) is 4.06. The molecule has 29 heavy (non-hydrogen) atoms. The van der Waals surface area contributed by atoms with Crippen LogP contribution in [0.2, 0.25) is 5.02 Å². The number of amides is 1. The third-order valence-electron chi connectivity index (χ3n) is 5.11. The molecule has 0 aliphatic heterocycles. The van der Waals surface area contributed by atoms with Crippen molar-refractivity contribution < 1.29 is 17.9 Å². The minimum Gasteiger partial charge on any atom is -0.495 e. The summed E-state index contributed by atoms with van der Waals surface area (Å²) in [6.45, 7) is 1.85. The fourth-order valence-corrected chi connectivity index (χ4v) is 5.10. The summed E-state index contributed by atoms with van der Waals surface area (Å²) in [5.74, 6) is -0.162. The van der Waals surface area contributed by atoms with E-state index in [1.165, 1.54) is 19.2 Å². The maximum Gasteiger partial charge on any atom is 0.251 e. The first-order chi connectivity index (χ1) is 13.8. The van der Waals surface area contributed by atoms with Gasteiger partial charge in [-0.3, -0.25) is 4.79 Å². The number of methoxy groups -OCH3 is 1. The largest absolute Gasteiger partial charge is 0.495 e. The number of carbonyl (C=O) groups excluding carboxylic acids is 1. The summed E-state index contributed by atoms with van der Waals surface area (Å²) in [7, 11) is -2.39. The van der Waals surface area contributed by atoms with Gasteiger partial charge in [-0.25, -0.2) is 13.1 Å². The first-order valence-electron chi connectivity index (χ1n) is 9.57. The summed E-state index contributed by atoms with van der Waals surface area (Å²) in [5, 5.41) is 3.50. The number of carbonyl (C=O) groups is 1. The molecule has 2 aromatic carbocycles. The summed E-state index contributed by atoms with van der Waals surface area (Å²) >= 11 is 5.91. The van der Waals surface area contributed by atoms with Crippen LogP contribution in [0.4, 0.5) is 0 Å². The monoisotopic (exact) mass is 436 g/mol. The number of rotatable bonds is 7. The summed E-state index contributed by atoms with van der Waals surface area (Å²) in [5.41, 5.74) is 1.14. The van der Waals surface area contributed by atoms with E-state index in [1.807, 2.05) is 19.1 Å². The van der Waals surface area contributed by atoms with E-state index in [-0.39, 0.29) is 34.2 Å². The van der Waals surface area contributed by atoms with Crippen LogP contribution in [0.1, 0.15) is 54.6 Å². The molecule has 0 aromatic heterocycles. The average Bonchev–Trinajstić information content (AvgIpc) is 3.20. The molecule has 0 heterocycles. The molecular formula is C21H25ClN2O4S. The maximum atomic E-state index is 12.9. The standard InChI is InChI=1S/C21H25ClN2O4S/c1-14(15-7-10-17(22)11-8-15)23-21(25)16-9-12-19(28-2)20(13-16)29(26,27)24-18-5-3-4-6-18/h7-14,18,24H,3-6H2,1-2H3,(H,23,25). The molecule has 156 valence electrons. The van der Waals surface area contributed by atoms with E-state index >= 15 is 0 Å². The number of ether oxygens (including phenoxy) is 1. The first kappa shape index (κ1) is 21.6. The zero-order chi connectivity index (χ0) is 21.0. The lowest BCUT2D eigenvalue weighted by Crippen LogP contribution is -2.33. The Morgan fingerprint density at radius 1 is 1.14 bits per heavy atom. The van der Waals surface area contributed by atoms with Crippen LogP contribution in [0, 0.1) is 0 Å². The minimum atomic E-state index is -3.80. The van der Waals surface area contributed by atoms with Crippen molar-refractivity contribution in [2.24, 2.45) is 0 Å². The van der Waals surface area contributed by atoms with E-state index in [1.54, 1.807) is 18.2 Å². The second-order valence-corrected chi connectivity index (χ2v) is 9.33. The molecule has 1 atom stereocenters. The Balaban J connectivity index is 1.81. The zero-order valence-corrected chi connectivity index (χ0v) is 18.0. The van der Waals surface area contributed by atoms with Crippen molar-refractivity contribution in [2.75, 3.05) is 7.11 Å². The van der Waals surface area contributed by atoms with E-state index in [2.05, 4.69) is 10.0 Å². The molecule has 3 rings (SSSR count). The van der Waals surface area contributed by atoms with Gasteiger partial charge in [0.2, 0.25) is 10.0 Å². The Morgan fingerprint density at radius 3 is 2.41 bits per heavy atom. The van der Waals surface area contributed by atoms with Crippen LogP contribution >= 0.6 is 11.6 Å². The zero-order valence-electron chi connectivity index (χ0n) is 16.4. The lowest BCUT2D eigenvalue weighted by Gasteiger charge is -2.17. The van der Waals surface area contributed by atoms with Gasteiger partial charge in [-0.05, 0) is 55.7 Å². The van der Waals surface area contributed by atoms with Gasteiger partial charge in [0, 0.05) is 16.6 Å². The molecule has 1 fully saturated rings. The van der Waals surface area contributed by atoms with Crippen LogP contribution in [0.5, 0.6) is 5.75 Å². The minimum absolute atomic E-state index is 0.0290. The van der Waals surface area contributed by atoms with E-state index in [4.69, 9.17) is 16.3 Å². The van der Waals surface area contributed by atoms with E-state index in [9.17, 15) is 13.2 Å². The first-order valence-corrected chi connectivity index (χ1v) is 11.4. The maximum absolute atomic E-state index is 12.9. The molecule has 0 bridgehead atoms. The number of benzene rings is 2. The third kappa shape index (κ3) is 5.29. The number of nitrogens with one attached hydrogen (secondary N) is 2. The highest BCUT2D eigenvalue weighted by molar-refractivity contribution is 7.89. The normalized spacial score (nSPS) is 15.8. The van der Waals surface area contributed by atoms with Gasteiger partial charge in [0.25, 0.3) is 5.91 Å². The number of halogens is 1. The highest BCUT2D eigenvalue weighted by Crippen LogP contribution is 2.27. The number of hydrogen-bond donors (Lipinski definition) is 2. The molecule has 1 saturated carbocycles. The van der Waals surface area contributed by atoms with Gasteiger partial charge < -0.3 is 10.1 Å². The number of sulfonamides is 1. The van der Waals surface area contributed by atoms with Gasteiger partial charge >= 0.3 is 0 Å². The highest BCUT2D eigenvalue weighted by atomic mass is 35.5. The highest BCUT2D eigenvalue weighted by Gasteiger charge is 2.26. The van der Waals surface area contributed by atoms with Crippen LogP contribution in [0.25, 0.3) is 0 Å². The van der Waals surface area contributed by atoms with Crippen molar-refractivity contribution in [3.8, 4) is 5.75 Å². The van der Waals surface area contributed by atoms with Gasteiger partial charge in [-0.1, -0.05) is 36.6 Å². The summed E-state index contributed by atoms with van der Waals surface area (Å²) in [6.07, 6.45) is 3.66. The lowest BCUT2D eigenvalue weighted by molar-refractivity contribution is 0.0939. The Morgan fingerprint density at radius 2 is 1.79 bits per heavy atom. The molecule has 6 nitrogen and oxygen atoms in total. The van der Waals surface area contributed by atoms with E-state index in [0.717, 1.165) is 31.2 Å². The van der Waals surface area contributed by atoms with Crippen LogP contribution in [0.15, 0.2) is 47.4 Å². The molecule has 2 N–H and O–H groups in total. The second-order valence-electron chi connectivity index (χ2n) is 7.22. The molecule has 1 amide bonds. The average molecular weight is 437 g/mol. The van der Waals surface area contributed by atoms with Crippen molar-refractivity contribution in [1.82, 2.24) is 10.0 Å². The third-order valence-corrected chi connectivity index (χ3v) is 6.90. The van der Waals surface area contributed by atoms with Crippen molar-refractivity contribution in [1.29, 1.82) is 0 Å². The second kappa shape index (κ2) is 9.15. The summed E-state index contributed by atoms with van der Waals surface area (Å²) in [4.78, 5) is 12.7. The molecule has 0 saturated heterocycles. The van der Waals surface area contributed by atoms with Gasteiger partial charge in [0.15, 0.2) is 0 Å². The summed E-state index contributed by atoms with van der Waals surface area (Å²) < 4.78 is 33.7. The van der Waals surface area contributed by atoms with Crippen LogP contribution in [-0.2, 0) is 10.0 Å². The molecule has 1 aliphatic rings. The molecule has 0 spiro atoms. The molecular weight excluding hydrogens is 412 g/mol. The Kier molecular flexibility index (Phi) is 6.82. The topological polar surface area (TPSA) is 84.5 Å². The lowest BCUT2D eigenvalue weighted by atomic mass is 10.1. The predicted molar refractivity (Wildman–Crippen MR) is 113 cm³/mol. The molecule has 1 unspecified atom stereocenters. The van der Waals surface area contributed by atoms with E-state index < -0.39 is 10.0 Å². The Labute approximate surface area is 176 Å². The molecule has 0 radical (unpaired) electrons. The Bertz CT molecular complexity index is 971. The SMILES string of the molecule is COc1ccc(C(=O)NC(C)c2ccc(Cl)cc2)cc1S(=O)(=O)NC1CCCC1. The van der Waals surface area contributed by atoms with Crippen LogP contribution in [-0.4, -0.2) is 27.5 Å². The van der Waals surface area contributed by atoms with Crippen molar-refractivity contribution in [2.45, 2.75) is 49.6 Å². The smallest absolute Gasteiger partial charge is 0.251 e. The van der Waals surface area contributed by atoms with Gasteiger partial charge in [-0.2, -0.15) is 0 Å². The quantitative estimate of drug-likeness (QED) is 0.685. The van der Waals surface area contributed by atoms with Gasteiger partial charge in [0.05, 0.1) is 13.2 Å². The van der Waals surface area contributed by atoms with Gasteiger partial charge in [-0.15, -0.1) is 0 Å². The summed E-state index contributed by atoms with van der Waals surface area (Å²) in [6, 6.07) is 11.3. The van der Waals surface area contributed by atoms with Crippen LogP contribution in [0.3, 0.4) is 0 Å². The van der Waals surface area contributed by atoms with E-state index in [0.29, 0.717) is 5.02 Å². The fraction of sp³-hybridized carbons (Fsp3) is 0.381. The fourth-order valence-electron chi connectivity index (χ4n) is 3.47. The molecule has 1 aliphatic carbocycles. The molecule has 2 aromatic rings. The van der Waals surface area contributed by atoms with Crippen molar-refractivity contribution in [3.05, 3.63) is 58.6 Å².